The maximum Gasteiger partial charge on any atom is 0.501 e. The molecule has 0 saturated carbocycles. The predicted octanol–water partition coefficient (Wildman–Crippen LogP) is 3.80. The van der Waals surface area contributed by atoms with Gasteiger partial charge in [-0.1, -0.05) is 18.6 Å². The van der Waals surface area contributed by atoms with E-state index in [1.807, 2.05) is 0 Å². The molecule has 8 heteroatoms. The van der Waals surface area contributed by atoms with Crippen LogP contribution in [0.5, 0.6) is 0 Å². The second-order valence-corrected chi connectivity index (χ2v) is 6.41. The molecule has 0 aromatic heterocycles. The van der Waals surface area contributed by atoms with Crippen molar-refractivity contribution in [3.8, 4) is 0 Å². The summed E-state index contributed by atoms with van der Waals surface area (Å²) in [4.78, 5) is -0.746. The second-order valence-electron chi connectivity index (χ2n) is 4.12. The smallest absolute Gasteiger partial charge is 0.384 e. The molecule has 0 spiro atoms. The molecule has 3 nitrogen and oxygen atoms in total. The number of sulfone groups is 1. The summed E-state index contributed by atoms with van der Waals surface area (Å²) in [6.07, 6.45) is 2.34. The predicted molar refractivity (Wildman–Crippen MR) is 72.7 cm³/mol. The number of benzene rings is 1. The van der Waals surface area contributed by atoms with E-state index in [1.165, 1.54) is 18.2 Å². The summed E-state index contributed by atoms with van der Waals surface area (Å²) in [5.41, 5.74) is -5.33. The first-order valence-corrected chi connectivity index (χ1v) is 8.02. The number of unbranched alkanes of at least 4 members (excludes halogenated alkanes) is 2. The number of para-hydroxylation sites is 1. The minimum absolute atomic E-state index is 0.0318. The maximum absolute atomic E-state index is 12.6. The molecule has 0 atom stereocenters. The van der Waals surface area contributed by atoms with E-state index in [1.54, 1.807) is 0 Å². The fraction of sp³-hybridized carbons (Fsp3) is 0.500. The zero-order valence-electron chi connectivity index (χ0n) is 10.6. The Morgan fingerprint density at radius 1 is 1.10 bits per heavy atom. The van der Waals surface area contributed by atoms with Crippen molar-refractivity contribution in [1.29, 1.82) is 0 Å². The lowest BCUT2D eigenvalue weighted by Crippen LogP contribution is -2.24. The van der Waals surface area contributed by atoms with E-state index in [-0.39, 0.29) is 5.69 Å². The quantitative estimate of drug-likeness (QED) is 0.611. The Bertz CT molecular complexity index is 532. The molecule has 0 fully saturated rings. The molecule has 0 saturated heterocycles. The Hall–Kier alpha value is -0.950. The van der Waals surface area contributed by atoms with Crippen LogP contribution in [0.3, 0.4) is 0 Å². The average Bonchev–Trinajstić information content (AvgIpc) is 2.37. The Kier molecular flexibility index (Phi) is 6.13. The molecular weight excluding hydrogens is 315 g/mol. The van der Waals surface area contributed by atoms with E-state index in [9.17, 15) is 21.6 Å². The number of rotatable bonds is 7. The van der Waals surface area contributed by atoms with Crippen LogP contribution in [-0.4, -0.2) is 26.4 Å². The van der Waals surface area contributed by atoms with Crippen molar-refractivity contribution in [3.63, 3.8) is 0 Å². The van der Waals surface area contributed by atoms with Crippen LogP contribution >= 0.6 is 11.6 Å². The molecule has 1 rings (SSSR count). The molecular formula is C12H15ClF3NO2S. The summed E-state index contributed by atoms with van der Waals surface area (Å²) in [5, 5.41) is 2.73. The average molecular weight is 330 g/mol. The molecule has 0 aliphatic carbocycles. The Labute approximate surface area is 121 Å². The first-order valence-electron chi connectivity index (χ1n) is 6.01. The van der Waals surface area contributed by atoms with E-state index >= 15 is 0 Å². The lowest BCUT2D eigenvalue weighted by molar-refractivity contribution is -0.0435. The van der Waals surface area contributed by atoms with Gasteiger partial charge in [0.05, 0.1) is 10.6 Å². The summed E-state index contributed by atoms with van der Waals surface area (Å²) in [6.45, 7) is 0.390. The number of nitrogens with one attached hydrogen (secondary N) is 1. The van der Waals surface area contributed by atoms with Gasteiger partial charge in [-0.3, -0.25) is 0 Å². The van der Waals surface area contributed by atoms with Gasteiger partial charge in [-0.05, 0) is 25.0 Å². The second kappa shape index (κ2) is 7.17. The lowest BCUT2D eigenvalue weighted by Gasteiger charge is -2.14. The fourth-order valence-corrected chi connectivity index (χ4v) is 2.72. The van der Waals surface area contributed by atoms with Crippen molar-refractivity contribution in [2.45, 2.75) is 29.7 Å². The Morgan fingerprint density at radius 3 is 2.35 bits per heavy atom. The van der Waals surface area contributed by atoms with Gasteiger partial charge in [0.1, 0.15) is 0 Å². The van der Waals surface area contributed by atoms with Gasteiger partial charge in [0.15, 0.2) is 0 Å². The number of hydrogen-bond acceptors (Lipinski definition) is 3. The number of hydrogen-bond donors (Lipinski definition) is 1. The van der Waals surface area contributed by atoms with Crippen molar-refractivity contribution in [1.82, 2.24) is 0 Å². The zero-order valence-corrected chi connectivity index (χ0v) is 12.2. The highest BCUT2D eigenvalue weighted by atomic mass is 35.5. The summed E-state index contributed by atoms with van der Waals surface area (Å²) in [7, 11) is -5.34. The van der Waals surface area contributed by atoms with Gasteiger partial charge in [0.2, 0.25) is 0 Å². The normalized spacial score (nSPS) is 12.4. The molecule has 0 radical (unpaired) electrons. The highest BCUT2D eigenvalue weighted by Crippen LogP contribution is 2.34. The fourth-order valence-electron chi connectivity index (χ4n) is 1.59. The zero-order chi connectivity index (χ0) is 15.2. The summed E-state index contributed by atoms with van der Waals surface area (Å²) >= 11 is 5.51. The summed E-state index contributed by atoms with van der Waals surface area (Å²) in [6, 6.07) is 5.01. The minimum Gasteiger partial charge on any atom is -0.384 e. The highest BCUT2D eigenvalue weighted by Gasteiger charge is 2.47. The van der Waals surface area contributed by atoms with Gasteiger partial charge in [-0.15, -0.1) is 11.6 Å². The molecule has 0 aliphatic heterocycles. The van der Waals surface area contributed by atoms with Crippen LogP contribution in [0.15, 0.2) is 29.2 Å². The van der Waals surface area contributed by atoms with Gasteiger partial charge >= 0.3 is 5.51 Å². The van der Waals surface area contributed by atoms with E-state index < -0.39 is 20.2 Å². The van der Waals surface area contributed by atoms with Gasteiger partial charge in [-0.25, -0.2) is 8.42 Å². The summed E-state index contributed by atoms with van der Waals surface area (Å²) < 4.78 is 60.5. The van der Waals surface area contributed by atoms with Crippen LogP contribution in [-0.2, 0) is 9.84 Å². The molecule has 0 heterocycles. The van der Waals surface area contributed by atoms with Gasteiger partial charge < -0.3 is 5.32 Å². The lowest BCUT2D eigenvalue weighted by atomic mass is 10.2. The van der Waals surface area contributed by atoms with E-state index in [0.717, 1.165) is 18.9 Å². The molecule has 0 unspecified atom stereocenters. The van der Waals surface area contributed by atoms with Gasteiger partial charge in [-0.2, -0.15) is 13.2 Å². The molecule has 0 aliphatic rings. The van der Waals surface area contributed by atoms with Crippen LogP contribution in [0.25, 0.3) is 0 Å². The third-order valence-corrected chi connectivity index (χ3v) is 4.42. The van der Waals surface area contributed by atoms with Gasteiger partial charge in [0, 0.05) is 12.4 Å². The molecule has 0 amide bonds. The van der Waals surface area contributed by atoms with E-state index in [2.05, 4.69) is 5.32 Å². The SMILES string of the molecule is O=S(=O)(c1ccccc1NCCCCCCl)C(F)(F)F. The Balaban J connectivity index is 2.84. The number of alkyl halides is 4. The standard InChI is InChI=1S/C12H15ClF3NO2S/c13-8-4-1-5-9-17-10-6-2-3-7-11(10)20(18,19)12(14,15)16/h2-3,6-7,17H,1,4-5,8-9H2. The van der Waals surface area contributed by atoms with Crippen LogP contribution in [0.2, 0.25) is 0 Å². The minimum atomic E-state index is -5.34. The Morgan fingerprint density at radius 2 is 1.75 bits per heavy atom. The van der Waals surface area contributed by atoms with E-state index in [4.69, 9.17) is 11.6 Å². The maximum atomic E-state index is 12.6. The van der Waals surface area contributed by atoms with Crippen molar-refractivity contribution in [3.05, 3.63) is 24.3 Å². The monoisotopic (exact) mass is 329 g/mol. The van der Waals surface area contributed by atoms with Crippen molar-refractivity contribution in [2.75, 3.05) is 17.7 Å². The third kappa shape index (κ3) is 4.28. The molecule has 114 valence electrons. The topological polar surface area (TPSA) is 46.2 Å². The summed E-state index contributed by atoms with van der Waals surface area (Å²) in [5.74, 6) is 0.527. The largest absolute Gasteiger partial charge is 0.501 e. The molecule has 20 heavy (non-hydrogen) atoms. The van der Waals surface area contributed by atoms with Crippen LogP contribution < -0.4 is 5.32 Å². The molecule has 0 bridgehead atoms. The highest BCUT2D eigenvalue weighted by molar-refractivity contribution is 7.92. The van der Waals surface area contributed by atoms with Crippen LogP contribution in [0.4, 0.5) is 18.9 Å². The van der Waals surface area contributed by atoms with Crippen LogP contribution in [0.1, 0.15) is 19.3 Å². The first kappa shape index (κ1) is 17.1. The number of anilines is 1. The van der Waals surface area contributed by atoms with Crippen molar-refractivity contribution in [2.24, 2.45) is 0 Å². The molecule has 1 aromatic carbocycles. The van der Waals surface area contributed by atoms with Crippen molar-refractivity contribution < 1.29 is 21.6 Å². The first-order chi connectivity index (χ1) is 9.30. The molecule has 1 N–H and O–H groups in total. The van der Waals surface area contributed by atoms with Crippen LogP contribution in [0, 0.1) is 0 Å². The molecule has 1 aromatic rings. The number of halogens is 4. The van der Waals surface area contributed by atoms with Gasteiger partial charge in [0.25, 0.3) is 9.84 Å². The van der Waals surface area contributed by atoms with Crippen molar-refractivity contribution >= 4 is 27.1 Å². The van der Waals surface area contributed by atoms with E-state index in [0.29, 0.717) is 18.8 Å². The third-order valence-electron chi connectivity index (χ3n) is 2.61.